The second kappa shape index (κ2) is 9.97. The van der Waals surface area contributed by atoms with Gasteiger partial charge >= 0.3 is 0 Å². The summed E-state index contributed by atoms with van der Waals surface area (Å²) in [6.45, 7) is 11.3. The van der Waals surface area contributed by atoms with Crippen LogP contribution in [0.1, 0.15) is 38.3 Å². The van der Waals surface area contributed by atoms with Gasteiger partial charge in [-0.1, -0.05) is 39.0 Å². The van der Waals surface area contributed by atoms with Gasteiger partial charge in [-0.2, -0.15) is 0 Å². The number of hydrogen-bond acceptors (Lipinski definition) is 3. The van der Waals surface area contributed by atoms with Gasteiger partial charge in [0.15, 0.2) is 0 Å². The third-order valence-electron chi connectivity index (χ3n) is 4.31. The van der Waals surface area contributed by atoms with Crippen LogP contribution in [0, 0.1) is 12.8 Å². The first-order valence-electron chi connectivity index (χ1n) is 9.39. The second-order valence-electron chi connectivity index (χ2n) is 6.87. The van der Waals surface area contributed by atoms with E-state index >= 15 is 0 Å². The smallest absolute Gasteiger partial charge is 0.119 e. The van der Waals surface area contributed by atoms with E-state index in [-0.39, 0.29) is 0 Å². The van der Waals surface area contributed by atoms with Crippen LogP contribution in [0.2, 0.25) is 0 Å². The molecular weight excluding hydrogens is 308 g/mol. The molecule has 3 heteroatoms. The van der Waals surface area contributed by atoms with Gasteiger partial charge in [-0.25, -0.2) is 0 Å². The van der Waals surface area contributed by atoms with E-state index in [0.29, 0.717) is 5.92 Å². The van der Waals surface area contributed by atoms with E-state index < -0.39 is 0 Å². The lowest BCUT2D eigenvalue weighted by molar-refractivity contribution is 0.289. The zero-order chi connectivity index (χ0) is 18.1. The SMILES string of the molecule is CCc1cccc(C)c1NCCNc1ccc(OCCC(C)C)cc1. The quantitative estimate of drug-likeness (QED) is 0.560. The molecule has 0 bridgehead atoms. The molecule has 0 spiro atoms. The average molecular weight is 341 g/mol. The van der Waals surface area contributed by atoms with Crippen molar-refractivity contribution in [3.63, 3.8) is 0 Å². The minimum Gasteiger partial charge on any atom is -0.494 e. The van der Waals surface area contributed by atoms with Crippen LogP contribution in [0.3, 0.4) is 0 Å². The van der Waals surface area contributed by atoms with Crippen LogP contribution >= 0.6 is 0 Å². The first kappa shape index (κ1) is 19.2. The molecule has 0 aliphatic heterocycles. The summed E-state index contributed by atoms with van der Waals surface area (Å²) < 4.78 is 5.75. The number of rotatable bonds is 10. The largest absolute Gasteiger partial charge is 0.494 e. The first-order valence-corrected chi connectivity index (χ1v) is 9.39. The van der Waals surface area contributed by atoms with E-state index in [1.165, 1.54) is 16.8 Å². The summed E-state index contributed by atoms with van der Waals surface area (Å²) in [6.07, 6.45) is 2.14. The third-order valence-corrected chi connectivity index (χ3v) is 4.31. The molecule has 0 fully saturated rings. The topological polar surface area (TPSA) is 33.3 Å². The molecule has 2 rings (SSSR count). The van der Waals surface area contributed by atoms with Crippen molar-refractivity contribution in [1.29, 1.82) is 0 Å². The molecular formula is C22H32N2O. The van der Waals surface area contributed by atoms with E-state index in [4.69, 9.17) is 4.74 Å². The fourth-order valence-corrected chi connectivity index (χ4v) is 2.75. The molecule has 0 amide bonds. The molecule has 0 saturated heterocycles. The maximum atomic E-state index is 5.75. The number of para-hydroxylation sites is 1. The summed E-state index contributed by atoms with van der Waals surface area (Å²) in [5.41, 5.74) is 5.09. The highest BCUT2D eigenvalue weighted by Crippen LogP contribution is 2.21. The summed E-state index contributed by atoms with van der Waals surface area (Å²) >= 11 is 0. The Morgan fingerprint density at radius 1 is 0.960 bits per heavy atom. The number of anilines is 2. The molecule has 3 nitrogen and oxygen atoms in total. The summed E-state index contributed by atoms with van der Waals surface area (Å²) in [6, 6.07) is 14.7. The summed E-state index contributed by atoms with van der Waals surface area (Å²) in [4.78, 5) is 0. The van der Waals surface area contributed by atoms with Crippen molar-refractivity contribution in [3.8, 4) is 5.75 Å². The molecule has 0 saturated carbocycles. The lowest BCUT2D eigenvalue weighted by atomic mass is 10.1. The highest BCUT2D eigenvalue weighted by Gasteiger charge is 2.03. The highest BCUT2D eigenvalue weighted by atomic mass is 16.5. The lowest BCUT2D eigenvalue weighted by Gasteiger charge is -2.15. The standard InChI is InChI=1S/C22H32N2O/c1-5-19-8-6-7-18(4)22(19)24-15-14-23-20-9-11-21(12-10-20)25-16-13-17(2)3/h6-12,17,23-24H,5,13-16H2,1-4H3. The van der Waals surface area contributed by atoms with Crippen LogP contribution in [0.5, 0.6) is 5.75 Å². The molecule has 0 atom stereocenters. The molecule has 136 valence electrons. The highest BCUT2D eigenvalue weighted by molar-refractivity contribution is 5.57. The summed E-state index contributed by atoms with van der Waals surface area (Å²) in [5, 5.41) is 7.02. The third kappa shape index (κ3) is 6.33. The Kier molecular flexibility index (Phi) is 7.65. The van der Waals surface area contributed by atoms with Gasteiger partial charge in [0.25, 0.3) is 0 Å². The molecule has 2 N–H and O–H groups in total. The van der Waals surface area contributed by atoms with E-state index in [2.05, 4.69) is 68.7 Å². The maximum absolute atomic E-state index is 5.75. The number of benzene rings is 2. The van der Waals surface area contributed by atoms with E-state index in [0.717, 1.165) is 44.0 Å². The molecule has 0 heterocycles. The van der Waals surface area contributed by atoms with Crippen LogP contribution in [-0.2, 0) is 6.42 Å². The van der Waals surface area contributed by atoms with Gasteiger partial charge in [0, 0.05) is 24.5 Å². The lowest BCUT2D eigenvalue weighted by Crippen LogP contribution is -2.15. The zero-order valence-electron chi connectivity index (χ0n) is 16.1. The van der Waals surface area contributed by atoms with E-state index in [9.17, 15) is 0 Å². The number of aryl methyl sites for hydroxylation is 2. The van der Waals surface area contributed by atoms with Crippen LogP contribution in [0.15, 0.2) is 42.5 Å². The number of nitrogens with one attached hydrogen (secondary N) is 2. The summed E-state index contributed by atoms with van der Waals surface area (Å²) in [7, 11) is 0. The molecule has 25 heavy (non-hydrogen) atoms. The van der Waals surface area contributed by atoms with Crippen molar-refractivity contribution >= 4 is 11.4 Å². The van der Waals surface area contributed by atoms with Crippen molar-refractivity contribution < 1.29 is 4.74 Å². The Balaban J connectivity index is 1.75. The van der Waals surface area contributed by atoms with Gasteiger partial charge in [0.1, 0.15) is 5.75 Å². The van der Waals surface area contributed by atoms with Gasteiger partial charge in [-0.15, -0.1) is 0 Å². The fraction of sp³-hybridized carbons (Fsp3) is 0.455. The van der Waals surface area contributed by atoms with Crippen molar-refractivity contribution in [2.45, 2.75) is 40.5 Å². The average Bonchev–Trinajstić information content (AvgIpc) is 2.60. The Hall–Kier alpha value is -2.16. The van der Waals surface area contributed by atoms with Gasteiger partial charge in [0.05, 0.1) is 6.61 Å². The molecule has 0 aliphatic rings. The van der Waals surface area contributed by atoms with E-state index in [1.807, 2.05) is 12.1 Å². The number of ether oxygens (including phenoxy) is 1. The molecule has 0 aliphatic carbocycles. The predicted molar refractivity (Wildman–Crippen MR) is 109 cm³/mol. The van der Waals surface area contributed by atoms with Crippen LogP contribution < -0.4 is 15.4 Å². The van der Waals surface area contributed by atoms with Crippen molar-refractivity contribution in [3.05, 3.63) is 53.6 Å². The molecule has 2 aromatic rings. The molecule has 0 radical (unpaired) electrons. The monoisotopic (exact) mass is 340 g/mol. The van der Waals surface area contributed by atoms with Crippen molar-refractivity contribution in [2.24, 2.45) is 5.92 Å². The molecule has 0 unspecified atom stereocenters. The van der Waals surface area contributed by atoms with Gasteiger partial charge in [0.2, 0.25) is 0 Å². The normalized spacial score (nSPS) is 10.8. The second-order valence-corrected chi connectivity index (χ2v) is 6.87. The minimum absolute atomic E-state index is 0.676. The molecule has 2 aromatic carbocycles. The maximum Gasteiger partial charge on any atom is 0.119 e. The Bertz CT molecular complexity index is 635. The van der Waals surface area contributed by atoms with E-state index in [1.54, 1.807) is 0 Å². The first-order chi connectivity index (χ1) is 12.1. The zero-order valence-corrected chi connectivity index (χ0v) is 16.1. The Morgan fingerprint density at radius 3 is 2.36 bits per heavy atom. The van der Waals surface area contributed by atoms with Crippen LogP contribution in [-0.4, -0.2) is 19.7 Å². The van der Waals surface area contributed by atoms with Crippen LogP contribution in [0.25, 0.3) is 0 Å². The van der Waals surface area contributed by atoms with Crippen molar-refractivity contribution in [1.82, 2.24) is 0 Å². The minimum atomic E-state index is 0.676. The number of hydrogen-bond donors (Lipinski definition) is 2. The van der Waals surface area contributed by atoms with Crippen LogP contribution in [0.4, 0.5) is 11.4 Å². The van der Waals surface area contributed by atoms with Gasteiger partial charge in [-0.3, -0.25) is 0 Å². The Labute approximate surface area is 152 Å². The van der Waals surface area contributed by atoms with Crippen molar-refractivity contribution in [2.75, 3.05) is 30.3 Å². The fourth-order valence-electron chi connectivity index (χ4n) is 2.75. The van der Waals surface area contributed by atoms with Gasteiger partial charge in [-0.05, 0) is 61.1 Å². The summed E-state index contributed by atoms with van der Waals surface area (Å²) in [5.74, 6) is 1.62. The molecule has 0 aromatic heterocycles. The Morgan fingerprint density at radius 2 is 1.68 bits per heavy atom. The van der Waals surface area contributed by atoms with Gasteiger partial charge < -0.3 is 15.4 Å². The predicted octanol–water partition coefficient (Wildman–Crippen LogP) is 5.51.